The van der Waals surface area contributed by atoms with Gasteiger partial charge in [0, 0.05) is 12.6 Å². The second-order valence-electron chi connectivity index (χ2n) is 4.35. The molecule has 0 saturated carbocycles. The van der Waals surface area contributed by atoms with E-state index in [1.54, 1.807) is 4.90 Å². The van der Waals surface area contributed by atoms with E-state index in [1.165, 1.54) is 12.1 Å². The van der Waals surface area contributed by atoms with E-state index in [0.717, 1.165) is 0 Å². The summed E-state index contributed by atoms with van der Waals surface area (Å²) in [6, 6.07) is 2.37. The molecule has 1 aliphatic rings. The molecule has 1 atom stereocenters. The van der Waals surface area contributed by atoms with Gasteiger partial charge in [0.05, 0.1) is 30.6 Å². The van der Waals surface area contributed by atoms with Gasteiger partial charge in [0.25, 0.3) is 0 Å². The lowest BCUT2D eigenvalue weighted by Gasteiger charge is -2.35. The third-order valence-corrected chi connectivity index (χ3v) is 3.02. The number of carbonyl (C=O) groups is 1. The van der Waals surface area contributed by atoms with Gasteiger partial charge in [-0.1, -0.05) is 0 Å². The van der Waals surface area contributed by atoms with Crippen LogP contribution < -0.4 is 10.6 Å². The smallest absolute Gasteiger partial charge is 0.311 e. The van der Waals surface area contributed by atoms with Gasteiger partial charge in [-0.3, -0.25) is 14.9 Å². The highest BCUT2D eigenvalue weighted by molar-refractivity contribution is 5.68. The number of morpholine rings is 1. The molecule has 1 unspecified atom stereocenters. The quantitative estimate of drug-likeness (QED) is 0.593. The highest BCUT2D eigenvalue weighted by atomic mass is 16.6. The predicted molar refractivity (Wildman–Crippen MR) is 69.5 cm³/mol. The van der Waals surface area contributed by atoms with Crippen LogP contribution >= 0.6 is 0 Å². The van der Waals surface area contributed by atoms with Gasteiger partial charge in [-0.15, -0.1) is 0 Å². The van der Waals surface area contributed by atoms with Crippen LogP contribution in [0.5, 0.6) is 0 Å². The Morgan fingerprint density at radius 1 is 1.65 bits per heavy atom. The van der Waals surface area contributed by atoms with Crippen molar-refractivity contribution >= 4 is 23.3 Å². The lowest BCUT2D eigenvalue weighted by atomic mass is 10.1. The fourth-order valence-electron chi connectivity index (χ4n) is 2.10. The van der Waals surface area contributed by atoms with Gasteiger partial charge in [0.15, 0.2) is 0 Å². The minimum absolute atomic E-state index is 0.0986. The Morgan fingerprint density at radius 3 is 3.00 bits per heavy atom. The summed E-state index contributed by atoms with van der Waals surface area (Å²) in [5.74, 6) is -0.712. The average molecular weight is 282 g/mol. The van der Waals surface area contributed by atoms with Crippen LogP contribution in [0.3, 0.4) is 0 Å². The van der Waals surface area contributed by atoms with Crippen LogP contribution in [0, 0.1) is 10.1 Å². The number of carboxylic acids is 1. The lowest BCUT2D eigenvalue weighted by molar-refractivity contribution is -0.384. The number of nitrogens with zero attached hydrogens (tertiary/aromatic N) is 3. The molecule has 1 fully saturated rings. The van der Waals surface area contributed by atoms with Gasteiger partial charge in [-0.05, 0) is 6.07 Å². The Balaban J connectivity index is 2.26. The number of aromatic nitrogens is 1. The SMILES string of the molecule is Nc1nc(N2CCOCC2CC(=O)O)ccc1[N+](=O)[O-]. The van der Waals surface area contributed by atoms with Gasteiger partial charge in [0.2, 0.25) is 5.82 Å². The molecule has 0 aliphatic carbocycles. The van der Waals surface area contributed by atoms with Gasteiger partial charge < -0.3 is 20.5 Å². The van der Waals surface area contributed by atoms with E-state index < -0.39 is 10.9 Å². The van der Waals surface area contributed by atoms with Gasteiger partial charge in [-0.25, -0.2) is 4.98 Å². The molecule has 2 heterocycles. The first-order valence-electron chi connectivity index (χ1n) is 5.96. The van der Waals surface area contributed by atoms with Crippen molar-refractivity contribution in [3.05, 3.63) is 22.2 Å². The standard InChI is InChI=1S/C11H14N4O5/c12-11-8(15(18)19)1-2-9(13-11)14-3-4-20-6-7(14)5-10(16)17/h1-2,7H,3-6H2,(H2,12,13)(H,16,17). The van der Waals surface area contributed by atoms with E-state index in [4.69, 9.17) is 15.6 Å². The number of hydrogen-bond donors (Lipinski definition) is 2. The van der Waals surface area contributed by atoms with Crippen LogP contribution in [0.15, 0.2) is 12.1 Å². The minimum atomic E-state index is -0.944. The summed E-state index contributed by atoms with van der Waals surface area (Å²) in [6.07, 6.45) is -0.0986. The fraction of sp³-hybridized carbons (Fsp3) is 0.455. The summed E-state index contributed by atoms with van der Waals surface area (Å²) in [5.41, 5.74) is 5.28. The predicted octanol–water partition coefficient (Wildman–Crippen LogP) is 0.252. The summed E-state index contributed by atoms with van der Waals surface area (Å²) in [4.78, 5) is 26.7. The summed E-state index contributed by atoms with van der Waals surface area (Å²) in [7, 11) is 0. The summed E-state index contributed by atoms with van der Waals surface area (Å²) < 4.78 is 5.25. The van der Waals surface area contributed by atoms with Crippen molar-refractivity contribution < 1.29 is 19.6 Å². The first-order chi connectivity index (χ1) is 9.49. The zero-order valence-corrected chi connectivity index (χ0v) is 10.6. The highest BCUT2D eigenvalue weighted by Crippen LogP contribution is 2.25. The molecule has 0 aromatic carbocycles. The summed E-state index contributed by atoms with van der Waals surface area (Å²) in [5, 5.41) is 19.6. The largest absolute Gasteiger partial charge is 0.481 e. The summed E-state index contributed by atoms with van der Waals surface area (Å²) >= 11 is 0. The van der Waals surface area contributed by atoms with E-state index in [0.29, 0.717) is 19.0 Å². The van der Waals surface area contributed by atoms with Gasteiger partial charge in [0.1, 0.15) is 5.82 Å². The first kappa shape index (κ1) is 14.0. The first-order valence-corrected chi connectivity index (χ1v) is 5.96. The lowest BCUT2D eigenvalue weighted by Crippen LogP contribution is -2.47. The van der Waals surface area contributed by atoms with Crippen LogP contribution in [0.2, 0.25) is 0 Å². The number of anilines is 2. The summed E-state index contributed by atoms with van der Waals surface area (Å²) in [6.45, 7) is 1.17. The van der Waals surface area contributed by atoms with Crippen molar-refractivity contribution in [2.45, 2.75) is 12.5 Å². The second-order valence-corrected chi connectivity index (χ2v) is 4.35. The normalized spacial score (nSPS) is 18.8. The maximum absolute atomic E-state index is 10.8. The number of aliphatic carboxylic acids is 1. The molecule has 108 valence electrons. The van der Waals surface area contributed by atoms with Crippen LogP contribution in [-0.4, -0.2) is 46.8 Å². The molecule has 3 N–H and O–H groups in total. The Morgan fingerprint density at radius 2 is 2.40 bits per heavy atom. The minimum Gasteiger partial charge on any atom is -0.481 e. The molecule has 9 nitrogen and oxygen atoms in total. The molecule has 0 amide bonds. The van der Waals surface area contributed by atoms with Crippen LogP contribution in [-0.2, 0) is 9.53 Å². The number of pyridine rings is 1. The Bertz CT molecular complexity index is 536. The van der Waals surface area contributed by atoms with E-state index >= 15 is 0 Å². The van der Waals surface area contributed by atoms with Crippen LogP contribution in [0.1, 0.15) is 6.42 Å². The Kier molecular flexibility index (Phi) is 3.99. The van der Waals surface area contributed by atoms with Gasteiger partial charge in [-0.2, -0.15) is 0 Å². The Hall–Kier alpha value is -2.42. The molecule has 2 rings (SSSR count). The maximum atomic E-state index is 10.8. The van der Waals surface area contributed by atoms with Crippen LogP contribution in [0.4, 0.5) is 17.3 Å². The average Bonchev–Trinajstić information content (AvgIpc) is 2.38. The molecule has 1 saturated heterocycles. The van der Waals surface area contributed by atoms with Gasteiger partial charge >= 0.3 is 11.7 Å². The molecule has 1 aromatic heterocycles. The van der Waals surface area contributed by atoms with E-state index in [-0.39, 0.29) is 30.6 Å². The molecule has 0 spiro atoms. The number of ether oxygens (including phenoxy) is 1. The van der Waals surface area contributed by atoms with E-state index in [9.17, 15) is 14.9 Å². The third-order valence-electron chi connectivity index (χ3n) is 3.02. The second kappa shape index (κ2) is 5.70. The van der Waals surface area contributed by atoms with Crippen molar-refractivity contribution in [2.75, 3.05) is 30.4 Å². The molecular weight excluding hydrogens is 268 g/mol. The molecule has 20 heavy (non-hydrogen) atoms. The van der Waals surface area contributed by atoms with E-state index in [2.05, 4.69) is 4.98 Å². The number of nitro groups is 1. The molecule has 1 aliphatic heterocycles. The zero-order valence-electron chi connectivity index (χ0n) is 10.6. The number of hydrogen-bond acceptors (Lipinski definition) is 7. The van der Waals surface area contributed by atoms with Crippen LogP contribution in [0.25, 0.3) is 0 Å². The number of nitrogens with two attached hydrogens (primary N) is 1. The number of nitrogen functional groups attached to an aromatic ring is 1. The third kappa shape index (κ3) is 2.94. The molecule has 1 aromatic rings. The van der Waals surface area contributed by atoms with Crippen molar-refractivity contribution in [2.24, 2.45) is 0 Å². The number of carboxylic acid groups (broad SMARTS) is 1. The molecule has 0 radical (unpaired) electrons. The highest BCUT2D eigenvalue weighted by Gasteiger charge is 2.27. The number of rotatable bonds is 4. The van der Waals surface area contributed by atoms with Crippen molar-refractivity contribution in [3.8, 4) is 0 Å². The fourth-order valence-corrected chi connectivity index (χ4v) is 2.10. The van der Waals surface area contributed by atoms with Crippen molar-refractivity contribution in [1.82, 2.24) is 4.98 Å². The zero-order chi connectivity index (χ0) is 14.7. The maximum Gasteiger partial charge on any atom is 0.311 e. The monoisotopic (exact) mass is 282 g/mol. The Labute approximate surface area is 114 Å². The van der Waals surface area contributed by atoms with Crippen molar-refractivity contribution in [3.63, 3.8) is 0 Å². The topological polar surface area (TPSA) is 132 Å². The van der Waals surface area contributed by atoms with Crippen molar-refractivity contribution in [1.29, 1.82) is 0 Å². The van der Waals surface area contributed by atoms with E-state index in [1.807, 2.05) is 0 Å². The molecule has 0 bridgehead atoms. The molecule has 9 heteroatoms. The molecular formula is C11H14N4O5.